The summed E-state index contributed by atoms with van der Waals surface area (Å²) in [5.74, 6) is 0.212. The van der Waals surface area contributed by atoms with E-state index >= 15 is 0 Å². The molecule has 0 saturated carbocycles. The minimum Gasteiger partial charge on any atom is -0.348 e. The number of rotatable bonds is 11. The number of anilines is 1. The molecule has 0 unspecified atom stereocenters. The van der Waals surface area contributed by atoms with Crippen LogP contribution in [-0.2, 0) is 31.2 Å². The van der Waals surface area contributed by atoms with Crippen LogP contribution in [0.15, 0.2) is 65.8 Å². The van der Waals surface area contributed by atoms with Gasteiger partial charge in [-0.15, -0.1) is 21.5 Å². The van der Waals surface area contributed by atoms with Gasteiger partial charge in [0, 0.05) is 24.0 Å². The molecule has 1 aliphatic carbocycles. The fourth-order valence-corrected chi connectivity index (χ4v) is 7.14. The molecule has 0 aliphatic heterocycles. The zero-order valence-electron chi connectivity index (χ0n) is 24.6. The molecular formula is C32H36N6O3S2. The topological polar surface area (TPSA) is 118 Å². The molecule has 3 N–H and O–H groups in total. The van der Waals surface area contributed by atoms with E-state index in [1.165, 1.54) is 28.0 Å². The highest BCUT2D eigenvalue weighted by Crippen LogP contribution is 2.38. The van der Waals surface area contributed by atoms with Crippen molar-refractivity contribution in [2.24, 2.45) is 13.0 Å². The van der Waals surface area contributed by atoms with E-state index in [4.69, 9.17) is 0 Å². The van der Waals surface area contributed by atoms with Gasteiger partial charge in [0.15, 0.2) is 11.0 Å². The molecule has 1 atom stereocenters. The van der Waals surface area contributed by atoms with E-state index in [0.29, 0.717) is 33.7 Å². The second kappa shape index (κ2) is 14.0. The maximum Gasteiger partial charge on any atom is 0.254 e. The second-order valence-electron chi connectivity index (χ2n) is 10.9. The molecule has 0 saturated heterocycles. The van der Waals surface area contributed by atoms with Gasteiger partial charge in [0.25, 0.3) is 11.8 Å². The third kappa shape index (κ3) is 7.34. The number of nitrogens with one attached hydrogen (secondary N) is 3. The Hall–Kier alpha value is -3.96. The first kappa shape index (κ1) is 30.5. The van der Waals surface area contributed by atoms with Crippen molar-refractivity contribution in [2.75, 3.05) is 11.1 Å². The minimum atomic E-state index is -0.359. The van der Waals surface area contributed by atoms with Crippen LogP contribution in [0.4, 0.5) is 5.00 Å². The van der Waals surface area contributed by atoms with E-state index in [0.717, 1.165) is 36.8 Å². The zero-order chi connectivity index (χ0) is 30.3. The molecule has 2 heterocycles. The fraction of sp³-hybridized carbons (Fsp3) is 0.344. The third-order valence-electron chi connectivity index (χ3n) is 7.42. The zero-order valence-corrected chi connectivity index (χ0v) is 26.2. The summed E-state index contributed by atoms with van der Waals surface area (Å²) < 4.78 is 1.82. The number of aryl methyl sites for hydroxylation is 1. The van der Waals surface area contributed by atoms with Crippen LogP contribution < -0.4 is 16.0 Å². The molecule has 0 fully saturated rings. The normalized spacial score (nSPS) is 13.3. The van der Waals surface area contributed by atoms with Crippen molar-refractivity contribution < 1.29 is 14.4 Å². The van der Waals surface area contributed by atoms with Gasteiger partial charge in [-0.3, -0.25) is 14.4 Å². The Morgan fingerprint density at radius 2 is 1.65 bits per heavy atom. The Morgan fingerprint density at radius 1 is 0.953 bits per heavy atom. The summed E-state index contributed by atoms with van der Waals surface area (Å²) in [6, 6.07) is 18.5. The molecule has 43 heavy (non-hydrogen) atoms. The van der Waals surface area contributed by atoms with E-state index in [1.807, 2.05) is 74.0 Å². The van der Waals surface area contributed by atoms with E-state index in [1.54, 1.807) is 12.1 Å². The van der Waals surface area contributed by atoms with Crippen LogP contribution in [0.1, 0.15) is 75.3 Å². The predicted molar refractivity (Wildman–Crippen MR) is 170 cm³/mol. The summed E-state index contributed by atoms with van der Waals surface area (Å²) in [4.78, 5) is 40.5. The summed E-state index contributed by atoms with van der Waals surface area (Å²) in [5, 5.41) is 19.0. The highest BCUT2D eigenvalue weighted by Gasteiger charge is 2.28. The van der Waals surface area contributed by atoms with Gasteiger partial charge < -0.3 is 20.5 Å². The van der Waals surface area contributed by atoms with Gasteiger partial charge in [-0.1, -0.05) is 74.1 Å². The van der Waals surface area contributed by atoms with Crippen molar-refractivity contribution in [3.05, 3.63) is 93.6 Å². The molecule has 5 rings (SSSR count). The molecule has 11 heteroatoms. The molecule has 4 aromatic rings. The molecule has 0 spiro atoms. The van der Waals surface area contributed by atoms with E-state index in [9.17, 15) is 14.4 Å². The SMILES string of the molecule is CC(C)[C@@H](NC(=O)c1ccccc1)c1nnc(SCC(=O)Nc2sc3c(c2C(=O)NCc2ccccc2)CCCC3)n1C. The van der Waals surface area contributed by atoms with Crippen LogP contribution in [0.3, 0.4) is 0 Å². The number of hydrogen-bond donors (Lipinski definition) is 3. The van der Waals surface area contributed by atoms with Crippen LogP contribution in [0.5, 0.6) is 0 Å². The van der Waals surface area contributed by atoms with E-state index in [2.05, 4.69) is 26.1 Å². The molecule has 1 aliphatic rings. The minimum absolute atomic E-state index is 0.0630. The number of carbonyl (C=O) groups is 3. The molecule has 9 nitrogen and oxygen atoms in total. The van der Waals surface area contributed by atoms with Gasteiger partial charge in [0.2, 0.25) is 5.91 Å². The molecule has 2 aromatic heterocycles. The lowest BCUT2D eigenvalue weighted by Gasteiger charge is -2.21. The summed E-state index contributed by atoms with van der Waals surface area (Å²) in [6.45, 7) is 4.45. The first-order valence-corrected chi connectivity index (χ1v) is 16.3. The van der Waals surface area contributed by atoms with Gasteiger partial charge in [0.05, 0.1) is 17.4 Å². The van der Waals surface area contributed by atoms with Crippen molar-refractivity contribution in [3.8, 4) is 0 Å². The third-order valence-corrected chi connectivity index (χ3v) is 9.64. The number of carbonyl (C=O) groups excluding carboxylic acids is 3. The standard InChI is InChI=1S/C32H36N6O3S2/c1-20(2)27(35-29(40)22-14-8-5-9-15-22)28-36-37-32(38(28)3)42-19-25(39)34-31-26(23-16-10-11-17-24(23)43-31)30(41)33-18-21-12-6-4-7-13-21/h4-9,12-15,20,27H,10-11,16-19H2,1-3H3,(H,33,41)(H,34,39)(H,35,40)/t27-/m1/s1. The Balaban J connectivity index is 1.25. The number of thioether (sulfide) groups is 1. The lowest BCUT2D eigenvalue weighted by molar-refractivity contribution is -0.113. The summed E-state index contributed by atoms with van der Waals surface area (Å²) in [7, 11) is 1.84. The number of aromatic nitrogens is 3. The van der Waals surface area contributed by atoms with Gasteiger partial charge >= 0.3 is 0 Å². The monoisotopic (exact) mass is 616 g/mol. The number of benzene rings is 2. The van der Waals surface area contributed by atoms with Crippen LogP contribution in [0.25, 0.3) is 0 Å². The molecular weight excluding hydrogens is 581 g/mol. The average Bonchev–Trinajstić information content (AvgIpc) is 3.57. The summed E-state index contributed by atoms with van der Waals surface area (Å²) >= 11 is 2.77. The number of fused-ring (bicyclic) bond motifs is 1. The largest absolute Gasteiger partial charge is 0.348 e. The summed E-state index contributed by atoms with van der Waals surface area (Å²) in [5.41, 5.74) is 3.23. The smallest absolute Gasteiger partial charge is 0.254 e. The number of thiophene rings is 1. The van der Waals surface area contributed by atoms with Gasteiger partial charge in [-0.05, 0) is 54.9 Å². The summed E-state index contributed by atoms with van der Waals surface area (Å²) in [6.07, 6.45) is 3.87. The highest BCUT2D eigenvalue weighted by atomic mass is 32.2. The van der Waals surface area contributed by atoms with Crippen molar-refractivity contribution in [2.45, 2.75) is 57.3 Å². The highest BCUT2D eigenvalue weighted by molar-refractivity contribution is 7.99. The molecule has 0 radical (unpaired) electrons. The van der Waals surface area contributed by atoms with Gasteiger partial charge in [-0.25, -0.2) is 0 Å². The van der Waals surface area contributed by atoms with Crippen LogP contribution >= 0.6 is 23.1 Å². The molecule has 3 amide bonds. The van der Waals surface area contributed by atoms with Crippen LogP contribution in [0.2, 0.25) is 0 Å². The average molecular weight is 617 g/mol. The van der Waals surface area contributed by atoms with Crippen LogP contribution in [-0.4, -0.2) is 38.2 Å². The lowest BCUT2D eigenvalue weighted by atomic mass is 9.95. The Labute approximate surface area is 259 Å². The van der Waals surface area contributed by atoms with Crippen molar-refractivity contribution in [1.82, 2.24) is 25.4 Å². The van der Waals surface area contributed by atoms with E-state index in [-0.39, 0.29) is 35.4 Å². The quantitative estimate of drug-likeness (QED) is 0.191. The molecule has 224 valence electrons. The lowest BCUT2D eigenvalue weighted by Crippen LogP contribution is -2.33. The molecule has 2 aromatic carbocycles. The maximum absolute atomic E-state index is 13.4. The Morgan fingerprint density at radius 3 is 2.37 bits per heavy atom. The number of amides is 3. The fourth-order valence-electron chi connectivity index (χ4n) is 5.12. The second-order valence-corrected chi connectivity index (χ2v) is 12.9. The predicted octanol–water partition coefficient (Wildman–Crippen LogP) is 5.54. The van der Waals surface area contributed by atoms with Crippen LogP contribution in [0, 0.1) is 5.92 Å². The number of nitrogens with zero attached hydrogens (tertiary/aromatic N) is 3. The van der Waals surface area contributed by atoms with Crippen molar-refractivity contribution >= 4 is 45.8 Å². The maximum atomic E-state index is 13.4. The Kier molecular flexibility index (Phi) is 9.93. The number of hydrogen-bond acceptors (Lipinski definition) is 7. The molecule has 0 bridgehead atoms. The van der Waals surface area contributed by atoms with Gasteiger partial charge in [0.1, 0.15) is 5.00 Å². The first-order valence-electron chi connectivity index (χ1n) is 14.5. The van der Waals surface area contributed by atoms with Crippen molar-refractivity contribution in [1.29, 1.82) is 0 Å². The first-order chi connectivity index (χ1) is 20.8. The van der Waals surface area contributed by atoms with Gasteiger partial charge in [-0.2, -0.15) is 0 Å². The van der Waals surface area contributed by atoms with E-state index < -0.39 is 0 Å². The van der Waals surface area contributed by atoms with Crippen molar-refractivity contribution in [3.63, 3.8) is 0 Å². The Bertz CT molecular complexity index is 1580.